The first-order valence-electron chi connectivity index (χ1n) is 8.73. The maximum absolute atomic E-state index is 12.7. The third-order valence-electron chi connectivity index (χ3n) is 4.39. The van der Waals surface area contributed by atoms with Crippen molar-refractivity contribution in [3.63, 3.8) is 0 Å². The van der Waals surface area contributed by atoms with E-state index in [1.54, 1.807) is 24.0 Å². The third-order valence-corrected chi connectivity index (χ3v) is 4.39. The minimum Gasteiger partial charge on any atom is -0.393 e. The highest BCUT2D eigenvalue weighted by atomic mass is 16.6. The summed E-state index contributed by atoms with van der Waals surface area (Å²) in [7, 11) is 1.80. The van der Waals surface area contributed by atoms with Gasteiger partial charge in [0.2, 0.25) is 5.78 Å². The van der Waals surface area contributed by atoms with Crippen molar-refractivity contribution in [1.29, 1.82) is 0 Å². The number of benzene rings is 2. The number of carbonyl (C=O) groups excluding carboxylic acids is 1. The number of nitrogens with zero attached hydrogens (tertiary/aromatic N) is 3. The van der Waals surface area contributed by atoms with Crippen molar-refractivity contribution in [3.8, 4) is 0 Å². The van der Waals surface area contributed by atoms with E-state index in [0.29, 0.717) is 42.5 Å². The van der Waals surface area contributed by atoms with Gasteiger partial charge in [-0.05, 0) is 5.56 Å². The summed E-state index contributed by atoms with van der Waals surface area (Å²) < 4.78 is 7.32. The van der Waals surface area contributed by atoms with Crippen LogP contribution < -0.4 is 0 Å². The molecule has 0 N–H and O–H groups in total. The van der Waals surface area contributed by atoms with E-state index in [0.717, 1.165) is 11.1 Å². The fourth-order valence-electron chi connectivity index (χ4n) is 3.08. The Morgan fingerprint density at radius 1 is 1.00 bits per heavy atom. The number of ether oxygens (including phenoxy) is 1. The predicted molar refractivity (Wildman–Crippen MR) is 101 cm³/mol. The van der Waals surface area contributed by atoms with Gasteiger partial charge in [-0.3, -0.25) is 4.79 Å². The Labute approximate surface area is 157 Å². The number of aromatic nitrogens is 2. The molecule has 1 aromatic heterocycles. The van der Waals surface area contributed by atoms with Crippen molar-refractivity contribution >= 4 is 11.5 Å². The van der Waals surface area contributed by atoms with Crippen LogP contribution in [0.5, 0.6) is 0 Å². The quantitative estimate of drug-likeness (QED) is 0.391. The lowest BCUT2D eigenvalue weighted by molar-refractivity contribution is 0.0434. The number of rotatable bonds is 6. The number of imidazole rings is 1. The Morgan fingerprint density at radius 2 is 1.74 bits per heavy atom. The zero-order chi connectivity index (χ0) is 18.6. The van der Waals surface area contributed by atoms with Gasteiger partial charge in [0.15, 0.2) is 0 Å². The van der Waals surface area contributed by atoms with Gasteiger partial charge < -0.3 is 14.1 Å². The highest BCUT2D eigenvalue weighted by Gasteiger charge is 2.32. The SMILES string of the molecule is Cn1cnc2c1C(=O)c1ccccc1/C2=N/OCCOCc1ccccc1. The topological polar surface area (TPSA) is 65.7 Å². The van der Waals surface area contributed by atoms with Gasteiger partial charge in [-0.25, -0.2) is 4.98 Å². The molecular weight excluding hydrogens is 342 g/mol. The van der Waals surface area contributed by atoms with Crippen LogP contribution in [0.1, 0.15) is 32.9 Å². The second-order valence-electron chi connectivity index (χ2n) is 6.24. The van der Waals surface area contributed by atoms with Crippen LogP contribution in [-0.2, 0) is 23.2 Å². The van der Waals surface area contributed by atoms with E-state index >= 15 is 0 Å². The van der Waals surface area contributed by atoms with Crippen molar-refractivity contribution in [3.05, 3.63) is 89.0 Å². The van der Waals surface area contributed by atoms with Gasteiger partial charge in [0.1, 0.15) is 23.7 Å². The molecule has 0 aliphatic heterocycles. The average Bonchev–Trinajstić information content (AvgIpc) is 3.09. The standard InChI is InChI=1S/C21H19N3O3/c1-24-14-22-19-18(16-9-5-6-10-17(16)21(25)20(19)24)23-27-12-11-26-13-15-7-3-2-4-8-15/h2-10,14H,11-13H2,1H3/b23-18-. The Bertz CT molecular complexity index is 993. The number of fused-ring (bicyclic) bond motifs is 2. The molecule has 1 aliphatic rings. The molecule has 0 atom stereocenters. The lowest BCUT2D eigenvalue weighted by Crippen LogP contribution is -2.23. The molecule has 3 aromatic rings. The Kier molecular flexibility index (Phi) is 4.80. The molecule has 136 valence electrons. The van der Waals surface area contributed by atoms with Crippen molar-refractivity contribution in [2.24, 2.45) is 12.2 Å². The van der Waals surface area contributed by atoms with Crippen LogP contribution in [0.25, 0.3) is 0 Å². The van der Waals surface area contributed by atoms with Gasteiger partial charge in [0.05, 0.1) is 19.5 Å². The van der Waals surface area contributed by atoms with E-state index in [2.05, 4.69) is 10.1 Å². The Morgan fingerprint density at radius 3 is 2.56 bits per heavy atom. The van der Waals surface area contributed by atoms with Gasteiger partial charge in [-0.2, -0.15) is 0 Å². The molecule has 27 heavy (non-hydrogen) atoms. The number of carbonyl (C=O) groups is 1. The molecule has 0 radical (unpaired) electrons. The fraction of sp³-hybridized carbons (Fsp3) is 0.190. The van der Waals surface area contributed by atoms with Gasteiger partial charge >= 0.3 is 0 Å². The van der Waals surface area contributed by atoms with E-state index in [4.69, 9.17) is 9.57 Å². The second kappa shape index (κ2) is 7.55. The summed E-state index contributed by atoms with van der Waals surface area (Å²) in [5.41, 5.74) is 4.10. The molecule has 4 rings (SSSR count). The lowest BCUT2D eigenvalue weighted by Gasteiger charge is -2.17. The van der Waals surface area contributed by atoms with E-state index < -0.39 is 0 Å². The summed E-state index contributed by atoms with van der Waals surface area (Å²) in [5.74, 6) is -0.0502. The molecule has 0 amide bonds. The van der Waals surface area contributed by atoms with Gasteiger partial charge in [0.25, 0.3) is 0 Å². The summed E-state index contributed by atoms with van der Waals surface area (Å²) in [6.07, 6.45) is 1.62. The first-order valence-corrected chi connectivity index (χ1v) is 8.73. The van der Waals surface area contributed by atoms with E-state index in [-0.39, 0.29) is 5.78 Å². The van der Waals surface area contributed by atoms with Crippen molar-refractivity contribution < 1.29 is 14.4 Å². The first-order chi connectivity index (χ1) is 13.3. The second-order valence-corrected chi connectivity index (χ2v) is 6.24. The molecule has 1 aliphatic carbocycles. The normalized spacial score (nSPS) is 14.1. The Hall–Kier alpha value is -3.25. The van der Waals surface area contributed by atoms with Crippen LogP contribution in [0, 0.1) is 0 Å². The number of hydrogen-bond donors (Lipinski definition) is 0. The summed E-state index contributed by atoms with van der Waals surface area (Å²) in [6.45, 7) is 1.26. The van der Waals surface area contributed by atoms with E-state index in [9.17, 15) is 4.79 Å². The summed E-state index contributed by atoms with van der Waals surface area (Å²) in [6, 6.07) is 17.3. The molecule has 0 fully saturated rings. The number of aryl methyl sites for hydroxylation is 1. The van der Waals surface area contributed by atoms with Crippen molar-refractivity contribution in [2.75, 3.05) is 13.2 Å². The number of ketones is 1. The van der Waals surface area contributed by atoms with Crippen LogP contribution >= 0.6 is 0 Å². The van der Waals surface area contributed by atoms with Crippen molar-refractivity contribution in [2.45, 2.75) is 6.61 Å². The van der Waals surface area contributed by atoms with E-state index in [1.807, 2.05) is 48.5 Å². The van der Waals surface area contributed by atoms with Crippen molar-refractivity contribution in [1.82, 2.24) is 9.55 Å². The van der Waals surface area contributed by atoms with Crippen LogP contribution in [0.2, 0.25) is 0 Å². The molecule has 6 nitrogen and oxygen atoms in total. The molecule has 0 spiro atoms. The molecule has 0 saturated carbocycles. The van der Waals surface area contributed by atoms with Gasteiger partial charge in [-0.1, -0.05) is 59.8 Å². The molecule has 0 unspecified atom stereocenters. The third kappa shape index (κ3) is 3.39. The average molecular weight is 361 g/mol. The first kappa shape index (κ1) is 17.2. The highest BCUT2D eigenvalue weighted by Crippen LogP contribution is 2.26. The predicted octanol–water partition coefficient (Wildman–Crippen LogP) is 2.95. The van der Waals surface area contributed by atoms with Crippen LogP contribution in [0.4, 0.5) is 0 Å². The highest BCUT2D eigenvalue weighted by molar-refractivity contribution is 6.28. The van der Waals surface area contributed by atoms with Crippen LogP contribution in [0.15, 0.2) is 66.1 Å². The number of oxime groups is 1. The number of hydrogen-bond acceptors (Lipinski definition) is 5. The molecule has 1 heterocycles. The Balaban J connectivity index is 1.45. The maximum atomic E-state index is 12.7. The van der Waals surface area contributed by atoms with Crippen LogP contribution in [-0.4, -0.2) is 34.3 Å². The zero-order valence-electron chi connectivity index (χ0n) is 15.0. The molecular formula is C21H19N3O3. The largest absolute Gasteiger partial charge is 0.393 e. The smallest absolute Gasteiger partial charge is 0.212 e. The summed E-state index contributed by atoms with van der Waals surface area (Å²) in [5, 5.41) is 4.27. The lowest BCUT2D eigenvalue weighted by atomic mass is 9.89. The van der Waals surface area contributed by atoms with E-state index in [1.165, 1.54) is 0 Å². The summed E-state index contributed by atoms with van der Waals surface area (Å²) in [4.78, 5) is 22.5. The summed E-state index contributed by atoms with van der Waals surface area (Å²) >= 11 is 0. The van der Waals surface area contributed by atoms with Gasteiger partial charge in [-0.15, -0.1) is 0 Å². The minimum absolute atomic E-state index is 0.0502. The molecule has 0 saturated heterocycles. The molecule has 2 aromatic carbocycles. The minimum atomic E-state index is -0.0502. The molecule has 6 heteroatoms. The zero-order valence-corrected chi connectivity index (χ0v) is 15.0. The molecule has 0 bridgehead atoms. The van der Waals surface area contributed by atoms with Gasteiger partial charge in [0, 0.05) is 18.2 Å². The monoisotopic (exact) mass is 361 g/mol. The maximum Gasteiger partial charge on any atom is 0.212 e. The van der Waals surface area contributed by atoms with Crippen LogP contribution in [0.3, 0.4) is 0 Å². The fourth-order valence-corrected chi connectivity index (χ4v) is 3.08.